The van der Waals surface area contributed by atoms with Crippen LogP contribution in [0.15, 0.2) is 18.2 Å². The van der Waals surface area contributed by atoms with Crippen LogP contribution in [-0.4, -0.2) is 43.2 Å². The normalized spacial score (nSPS) is 20.4. The molecule has 25 heavy (non-hydrogen) atoms. The van der Waals surface area contributed by atoms with E-state index in [2.05, 4.69) is 33.9 Å². The third kappa shape index (κ3) is 4.43. The van der Waals surface area contributed by atoms with Gasteiger partial charge in [-0.3, -0.25) is 0 Å². The number of carboxylic acid groups (broad SMARTS) is 1. The molecule has 0 unspecified atom stereocenters. The number of rotatable bonds is 5. The molecule has 0 saturated carbocycles. The Balaban J connectivity index is 2.05. The average molecular weight is 366 g/mol. The molecule has 2 N–H and O–H groups in total. The Morgan fingerprint density at radius 2 is 2.00 bits per heavy atom. The van der Waals surface area contributed by atoms with E-state index in [9.17, 15) is 9.90 Å². The van der Waals surface area contributed by atoms with E-state index < -0.39 is 20.5 Å². The maximum Gasteiger partial charge on any atom is 0.407 e. The summed E-state index contributed by atoms with van der Waals surface area (Å²) in [6.45, 7) is 12.0. The Bertz CT molecular complexity index is 639. The van der Waals surface area contributed by atoms with Crippen molar-refractivity contribution in [3.05, 3.63) is 34.9 Å². The lowest BCUT2D eigenvalue weighted by molar-refractivity contribution is 0.0838. The van der Waals surface area contributed by atoms with Gasteiger partial charge in [0.25, 0.3) is 0 Å². The van der Waals surface area contributed by atoms with Gasteiger partial charge in [-0.15, -0.1) is 0 Å². The van der Waals surface area contributed by atoms with Gasteiger partial charge < -0.3 is 19.5 Å². The first-order valence-electron chi connectivity index (χ1n) is 8.80. The summed E-state index contributed by atoms with van der Waals surface area (Å²) in [5.74, 6) is 0.0663. The largest absolute Gasteiger partial charge is 0.465 e. The Kier molecular flexibility index (Phi) is 5.66. The first kappa shape index (κ1) is 19.9. The minimum atomic E-state index is -1.83. The molecule has 6 heteroatoms. The van der Waals surface area contributed by atoms with E-state index in [0.717, 1.165) is 23.1 Å². The van der Waals surface area contributed by atoms with E-state index in [1.165, 1.54) is 4.90 Å². The van der Waals surface area contributed by atoms with Crippen LogP contribution in [0, 0.1) is 5.92 Å². The molecule has 0 bridgehead atoms. The van der Waals surface area contributed by atoms with Gasteiger partial charge in [0.15, 0.2) is 8.32 Å². The van der Waals surface area contributed by atoms with Crippen LogP contribution in [-0.2, 0) is 17.4 Å². The Morgan fingerprint density at radius 1 is 1.36 bits per heavy atom. The van der Waals surface area contributed by atoms with Crippen LogP contribution in [0.2, 0.25) is 18.1 Å². The Hall–Kier alpha value is -1.37. The van der Waals surface area contributed by atoms with E-state index in [4.69, 9.17) is 9.53 Å². The maximum atomic E-state index is 11.0. The highest BCUT2D eigenvalue weighted by Crippen LogP contribution is 2.40. The van der Waals surface area contributed by atoms with Crippen molar-refractivity contribution in [3.8, 4) is 0 Å². The van der Waals surface area contributed by atoms with E-state index in [1.807, 2.05) is 18.2 Å². The summed E-state index contributed by atoms with van der Waals surface area (Å²) in [5.41, 5.74) is 3.00. The Morgan fingerprint density at radius 3 is 2.56 bits per heavy atom. The average Bonchev–Trinajstić information content (AvgIpc) is 2.80. The zero-order chi connectivity index (χ0) is 19.0. The molecule has 1 aromatic carbocycles. The highest BCUT2D eigenvalue weighted by molar-refractivity contribution is 6.74. The van der Waals surface area contributed by atoms with Crippen LogP contribution in [0.5, 0.6) is 0 Å². The molecule has 140 valence electrons. The number of nitrogens with zero attached hydrogens (tertiary/aromatic N) is 1. The third-order valence-corrected chi connectivity index (χ3v) is 10.2. The van der Waals surface area contributed by atoms with Crippen molar-refractivity contribution in [3.63, 3.8) is 0 Å². The van der Waals surface area contributed by atoms with Crippen LogP contribution < -0.4 is 0 Å². The lowest BCUT2D eigenvalue weighted by Gasteiger charge is -2.37. The number of carbonyl (C=O) groups is 1. The fraction of sp³-hybridized carbons (Fsp3) is 0.632. The summed E-state index contributed by atoms with van der Waals surface area (Å²) in [7, 11) is -0.278. The number of aliphatic hydroxyl groups excluding tert-OH is 1. The van der Waals surface area contributed by atoms with Gasteiger partial charge in [-0.25, -0.2) is 4.79 Å². The highest BCUT2D eigenvalue weighted by atomic mass is 28.4. The van der Waals surface area contributed by atoms with Crippen LogP contribution in [0.1, 0.15) is 43.6 Å². The van der Waals surface area contributed by atoms with Crippen molar-refractivity contribution in [2.45, 2.75) is 58.0 Å². The van der Waals surface area contributed by atoms with Gasteiger partial charge in [0.1, 0.15) is 0 Å². The highest BCUT2D eigenvalue weighted by Gasteiger charge is 2.39. The summed E-state index contributed by atoms with van der Waals surface area (Å²) >= 11 is 0. The van der Waals surface area contributed by atoms with Gasteiger partial charge in [0.2, 0.25) is 0 Å². The van der Waals surface area contributed by atoms with Crippen LogP contribution in [0.3, 0.4) is 0 Å². The van der Waals surface area contributed by atoms with E-state index in [-0.39, 0.29) is 11.0 Å². The monoisotopic (exact) mass is 365 g/mol. The van der Waals surface area contributed by atoms with Gasteiger partial charge in [-0.05, 0) is 41.2 Å². The molecule has 0 fully saturated rings. The van der Waals surface area contributed by atoms with Gasteiger partial charge in [-0.1, -0.05) is 39.0 Å². The number of hydrogen-bond acceptors (Lipinski definition) is 3. The quantitative estimate of drug-likeness (QED) is 0.773. The number of hydrogen-bond donors (Lipinski definition) is 2. The maximum absolute atomic E-state index is 11.0. The predicted molar refractivity (Wildman–Crippen MR) is 101 cm³/mol. The molecule has 0 radical (unpaired) electrons. The second-order valence-corrected chi connectivity index (χ2v) is 13.5. The first-order chi connectivity index (χ1) is 11.4. The Labute approximate surface area is 151 Å². The standard InChI is InChI=1S/C19H31NO4Si/c1-19(2,3)25(5,6)24-12-15-10-14-9-13(11-20(4)18(22)23)7-8-16(14)17(15)21/h7-9,15,17,21H,10-12H2,1-6H3,(H,22,23)/t15-,17+/m1/s1. The second-order valence-electron chi connectivity index (χ2n) is 8.65. The fourth-order valence-corrected chi connectivity index (χ4v) is 3.96. The second kappa shape index (κ2) is 7.09. The lowest BCUT2D eigenvalue weighted by Crippen LogP contribution is -2.42. The lowest BCUT2D eigenvalue weighted by atomic mass is 10.0. The van der Waals surface area contributed by atoms with Crippen LogP contribution in [0.25, 0.3) is 0 Å². The number of fused-ring (bicyclic) bond motifs is 1. The molecular formula is C19H31NO4Si. The summed E-state index contributed by atoms with van der Waals surface area (Å²) in [6, 6.07) is 5.85. The fourth-order valence-electron chi connectivity index (χ4n) is 2.89. The molecule has 2 rings (SSSR count). The van der Waals surface area contributed by atoms with Crippen LogP contribution >= 0.6 is 0 Å². The summed E-state index contributed by atoms with van der Waals surface area (Å²) in [4.78, 5) is 12.2. The van der Waals surface area contributed by atoms with Crippen molar-refractivity contribution in [2.24, 2.45) is 5.92 Å². The SMILES string of the molecule is CN(Cc1ccc2c(c1)C[C@H](CO[Si](C)(C)C(C)(C)C)[C@@H]2O)C(=O)O. The van der Waals surface area contributed by atoms with Gasteiger partial charge in [-0.2, -0.15) is 0 Å². The molecule has 1 amide bonds. The minimum absolute atomic E-state index is 0.0663. The van der Waals surface area contributed by atoms with Crippen molar-refractivity contribution < 1.29 is 19.4 Å². The molecule has 0 aromatic heterocycles. The van der Waals surface area contributed by atoms with Gasteiger partial charge >= 0.3 is 6.09 Å². The molecule has 0 heterocycles. The zero-order valence-electron chi connectivity index (χ0n) is 16.2. The molecule has 1 aromatic rings. The van der Waals surface area contributed by atoms with E-state index in [0.29, 0.717) is 13.2 Å². The topological polar surface area (TPSA) is 70.0 Å². The van der Waals surface area contributed by atoms with Crippen molar-refractivity contribution >= 4 is 14.4 Å². The molecule has 1 aliphatic carbocycles. The summed E-state index contributed by atoms with van der Waals surface area (Å²) < 4.78 is 6.30. The molecule has 2 atom stereocenters. The van der Waals surface area contributed by atoms with E-state index >= 15 is 0 Å². The molecule has 1 aliphatic rings. The van der Waals surface area contributed by atoms with Crippen LogP contribution in [0.4, 0.5) is 4.79 Å². The van der Waals surface area contributed by atoms with Gasteiger partial charge in [0.05, 0.1) is 6.10 Å². The van der Waals surface area contributed by atoms with Gasteiger partial charge in [0, 0.05) is 26.1 Å². The van der Waals surface area contributed by atoms with Crippen molar-refractivity contribution in [1.82, 2.24) is 4.90 Å². The predicted octanol–water partition coefficient (Wildman–Crippen LogP) is 4.02. The first-order valence-corrected chi connectivity index (χ1v) is 11.7. The molecule has 0 spiro atoms. The molecular weight excluding hydrogens is 334 g/mol. The summed E-state index contributed by atoms with van der Waals surface area (Å²) in [5, 5.41) is 19.8. The number of aliphatic hydroxyl groups is 1. The smallest absolute Gasteiger partial charge is 0.407 e. The van der Waals surface area contributed by atoms with E-state index in [1.54, 1.807) is 7.05 Å². The summed E-state index contributed by atoms with van der Waals surface area (Å²) in [6.07, 6.45) is -0.678. The minimum Gasteiger partial charge on any atom is -0.465 e. The molecule has 5 nitrogen and oxygen atoms in total. The van der Waals surface area contributed by atoms with Crippen molar-refractivity contribution in [1.29, 1.82) is 0 Å². The number of benzene rings is 1. The van der Waals surface area contributed by atoms with Crippen molar-refractivity contribution in [2.75, 3.05) is 13.7 Å². The zero-order valence-corrected chi connectivity index (χ0v) is 17.2. The number of amides is 1. The molecule has 0 saturated heterocycles. The third-order valence-electron chi connectivity index (χ3n) is 5.67. The molecule has 0 aliphatic heterocycles.